The van der Waals surface area contributed by atoms with Crippen LogP contribution in [0.4, 0.5) is 26.3 Å². The number of alkyl halides is 6. The van der Waals surface area contributed by atoms with E-state index in [4.69, 9.17) is 0 Å². The molecule has 0 aliphatic carbocycles. The number of nitriles is 1. The fourth-order valence-corrected chi connectivity index (χ4v) is 14.2. The van der Waals surface area contributed by atoms with E-state index in [0.29, 0.717) is 17.4 Å². The average Bonchev–Trinajstić information content (AvgIpc) is 1.91. The summed E-state index contributed by atoms with van der Waals surface area (Å²) in [6.07, 6.45) is -10.3. The van der Waals surface area contributed by atoms with Gasteiger partial charge in [0.2, 0.25) is 0 Å². The summed E-state index contributed by atoms with van der Waals surface area (Å²) in [5.41, 5.74) is 21.9. The van der Waals surface area contributed by atoms with Crippen LogP contribution in [0.25, 0.3) is 111 Å². The number of aromatic nitrogens is 2. The van der Waals surface area contributed by atoms with Crippen LogP contribution in [-0.4, -0.2) is 9.13 Å². The molecule has 0 fully saturated rings. The second-order valence-corrected chi connectivity index (χ2v) is 23.4. The van der Waals surface area contributed by atoms with Gasteiger partial charge in [0.25, 0.3) is 0 Å². The zero-order chi connectivity index (χ0) is 59.7. The summed E-state index contributed by atoms with van der Waals surface area (Å²) in [5, 5.41) is 14.9. The van der Waals surface area contributed by atoms with Crippen LogP contribution < -0.4 is 0 Å². The van der Waals surface area contributed by atoms with E-state index < -0.39 is 29.0 Å². The molecule has 0 N–H and O–H groups in total. The Morgan fingerprint density at radius 3 is 0.893 bits per heavy atom. The molecule has 9 heteroatoms. The summed E-state index contributed by atoms with van der Waals surface area (Å²) in [6.45, 7) is 25.2. The van der Waals surface area contributed by atoms with Crippen LogP contribution >= 0.6 is 0 Å². The number of hydrogen-bond acceptors (Lipinski definition) is 1. The van der Waals surface area contributed by atoms with Crippen LogP contribution in [0.15, 0.2) is 152 Å². The van der Waals surface area contributed by atoms with Gasteiger partial charge in [0, 0.05) is 27.1 Å². The first-order valence-electron chi connectivity index (χ1n) is 28.2. The van der Waals surface area contributed by atoms with Gasteiger partial charge < -0.3 is 9.13 Å². The Balaban J connectivity index is 1.25. The maximum Gasteiger partial charge on any atom is 0.417 e. The fourth-order valence-electron chi connectivity index (χ4n) is 14.2. The van der Waals surface area contributed by atoms with Gasteiger partial charge in [0.15, 0.2) is 0 Å². The zero-order valence-electron chi connectivity index (χ0n) is 49.0. The van der Waals surface area contributed by atoms with Gasteiger partial charge in [-0.15, -0.1) is 0 Å². The lowest BCUT2D eigenvalue weighted by Crippen LogP contribution is -2.13. The molecule has 3 nitrogen and oxygen atoms in total. The second kappa shape index (κ2) is 20.1. The van der Waals surface area contributed by atoms with E-state index in [1.165, 1.54) is 0 Å². The highest BCUT2D eigenvalue weighted by atomic mass is 19.4. The number of aryl methyl sites for hydroxylation is 12. The van der Waals surface area contributed by atoms with Crippen molar-refractivity contribution >= 4 is 43.6 Å². The topological polar surface area (TPSA) is 33.6 Å². The van der Waals surface area contributed by atoms with Crippen molar-refractivity contribution < 1.29 is 26.3 Å². The second-order valence-electron chi connectivity index (χ2n) is 23.4. The molecule has 2 heterocycles. The van der Waals surface area contributed by atoms with Crippen molar-refractivity contribution in [2.24, 2.45) is 0 Å². The Morgan fingerprint density at radius 1 is 0.321 bits per heavy atom. The predicted octanol–water partition coefficient (Wildman–Crippen LogP) is 21.8. The van der Waals surface area contributed by atoms with Crippen molar-refractivity contribution in [1.82, 2.24) is 9.13 Å². The summed E-state index contributed by atoms with van der Waals surface area (Å²) >= 11 is 0. The van der Waals surface area contributed by atoms with Gasteiger partial charge in [0.05, 0.1) is 56.2 Å². The average molecular weight is 1120 g/mol. The third kappa shape index (κ3) is 9.24. The molecule has 12 rings (SSSR count). The van der Waals surface area contributed by atoms with E-state index in [1.54, 1.807) is 12.1 Å². The molecule has 12 aromatic rings. The van der Waals surface area contributed by atoms with Crippen LogP contribution in [0.5, 0.6) is 0 Å². The molecule has 0 aliphatic rings. The van der Waals surface area contributed by atoms with Crippen molar-refractivity contribution in [1.29, 1.82) is 5.26 Å². The van der Waals surface area contributed by atoms with Crippen molar-refractivity contribution in [3.8, 4) is 73.1 Å². The molecule has 10 aromatic carbocycles. The first kappa shape index (κ1) is 55.4. The number of halogens is 6. The molecular formula is C75H61F6N3. The minimum Gasteiger partial charge on any atom is -0.307 e. The van der Waals surface area contributed by atoms with Crippen LogP contribution in [0.3, 0.4) is 0 Å². The molecule has 0 saturated heterocycles. The minimum atomic E-state index is -5.23. The quantitative estimate of drug-likeness (QED) is 0.146. The lowest BCUT2D eigenvalue weighted by molar-refractivity contribution is -0.142. The van der Waals surface area contributed by atoms with Crippen molar-refractivity contribution in [3.63, 3.8) is 0 Å². The van der Waals surface area contributed by atoms with Crippen LogP contribution in [-0.2, 0) is 12.4 Å². The summed E-state index contributed by atoms with van der Waals surface area (Å²) in [7, 11) is 0. The van der Waals surface area contributed by atoms with E-state index in [0.717, 1.165) is 161 Å². The molecule has 418 valence electrons. The Morgan fingerprint density at radius 2 is 0.619 bits per heavy atom. The molecule has 0 spiro atoms. The van der Waals surface area contributed by atoms with Gasteiger partial charge in [-0.25, -0.2) is 0 Å². The molecule has 0 unspecified atom stereocenters. The summed E-state index contributed by atoms with van der Waals surface area (Å²) in [5.74, 6) is 0. The molecule has 0 atom stereocenters. The highest BCUT2D eigenvalue weighted by molar-refractivity contribution is 6.14. The molecule has 2 aromatic heterocycles. The largest absolute Gasteiger partial charge is 0.417 e. The number of benzene rings is 10. The molecular weight excluding hydrogens is 1060 g/mol. The molecule has 84 heavy (non-hydrogen) atoms. The zero-order valence-corrected chi connectivity index (χ0v) is 49.0. The SMILES string of the molecule is Cc1cc(C)c(-c2ccc3c(c2)c2cc(-c4c(C)cc(C)cc4C)ccc2n3-c2cc(C#N)c(-c3ccc(C(F)(F)F)cc3C(F)(F)F)cc2-n2c3ccc(-c4c(C)cc(C)cc4C)cc3c3cc(-c4c(C)cc(C)cc4C)ccc32)c(C)c1. The monoisotopic (exact) mass is 1120 g/mol. The van der Waals surface area contributed by atoms with Gasteiger partial charge >= 0.3 is 12.4 Å². The van der Waals surface area contributed by atoms with E-state index in [2.05, 4.69) is 220 Å². The molecule has 0 aliphatic heterocycles. The minimum absolute atomic E-state index is 0.148. The van der Waals surface area contributed by atoms with Gasteiger partial charge in [-0.1, -0.05) is 101 Å². The van der Waals surface area contributed by atoms with Gasteiger partial charge in [-0.3, -0.25) is 0 Å². The highest BCUT2D eigenvalue weighted by Gasteiger charge is 2.39. The molecule has 0 saturated carbocycles. The van der Waals surface area contributed by atoms with Crippen LogP contribution in [0.2, 0.25) is 0 Å². The first-order valence-corrected chi connectivity index (χ1v) is 28.2. The van der Waals surface area contributed by atoms with Crippen LogP contribution in [0.1, 0.15) is 83.5 Å². The lowest BCUT2D eigenvalue weighted by Gasteiger charge is -2.22. The first-order chi connectivity index (χ1) is 39.8. The Hall–Kier alpha value is -9.13. The van der Waals surface area contributed by atoms with Crippen molar-refractivity contribution in [3.05, 3.63) is 235 Å². The smallest absolute Gasteiger partial charge is 0.307 e. The highest BCUT2D eigenvalue weighted by Crippen LogP contribution is 2.48. The maximum absolute atomic E-state index is 15.5. The van der Waals surface area contributed by atoms with Crippen molar-refractivity contribution in [2.45, 2.75) is 95.4 Å². The summed E-state index contributed by atoms with van der Waals surface area (Å²) in [6, 6.07) is 49.9. The number of hydrogen-bond donors (Lipinski definition) is 0. The van der Waals surface area contributed by atoms with E-state index >= 15 is 13.2 Å². The molecule has 0 radical (unpaired) electrons. The normalized spacial score (nSPS) is 12.2. The van der Waals surface area contributed by atoms with Gasteiger partial charge in [-0.2, -0.15) is 31.6 Å². The van der Waals surface area contributed by atoms with Crippen molar-refractivity contribution in [2.75, 3.05) is 0 Å². The van der Waals surface area contributed by atoms with E-state index in [1.807, 2.05) is 0 Å². The summed E-state index contributed by atoms with van der Waals surface area (Å²) in [4.78, 5) is 0. The Bertz CT molecular complexity index is 4520. The predicted molar refractivity (Wildman–Crippen MR) is 334 cm³/mol. The third-order valence-electron chi connectivity index (χ3n) is 17.1. The van der Waals surface area contributed by atoms with Crippen LogP contribution in [0, 0.1) is 94.4 Å². The fraction of sp³-hybridized carbons (Fsp3) is 0.187. The molecule has 0 amide bonds. The van der Waals surface area contributed by atoms with E-state index in [-0.39, 0.29) is 17.2 Å². The standard InChI is InChI=1S/C75H61F6N3/c1-39-23-43(5)70(44(6)24-39)51-13-19-64-59(31-51)60-32-52(71-45(7)25-40(2)26-46(71)8)14-20-65(60)83(64)68-35-55(38-82)58(57-18-17-56(74(76,77)78)36-63(57)75(79,80)81)37-69(68)84-66-21-15-53(72-47(9)27-41(3)28-48(72)10)33-61(66)62-34-54(16-22-67(62)84)73-49(11)29-42(4)30-50(73)12/h13-37H,1-12H3. The Labute approximate surface area is 485 Å². The molecule has 0 bridgehead atoms. The maximum atomic E-state index is 15.5. The van der Waals surface area contributed by atoms with Gasteiger partial charge in [-0.05, 0) is 250 Å². The van der Waals surface area contributed by atoms with Gasteiger partial charge in [0.1, 0.15) is 0 Å². The number of fused-ring (bicyclic) bond motifs is 6. The van der Waals surface area contributed by atoms with E-state index in [9.17, 15) is 18.4 Å². The number of nitrogens with zero attached hydrogens (tertiary/aromatic N) is 3. The summed E-state index contributed by atoms with van der Waals surface area (Å²) < 4.78 is 93.7. The Kier molecular flexibility index (Phi) is 13.2. The third-order valence-corrected chi connectivity index (χ3v) is 17.1. The lowest BCUT2D eigenvalue weighted by atomic mass is 9.91. The number of rotatable bonds is 7.